The molecular weight excluding hydrogens is 1820 g/mol. The summed E-state index contributed by atoms with van der Waals surface area (Å²) in [4.78, 5) is 182. The van der Waals surface area contributed by atoms with E-state index in [2.05, 4.69) is 43.3 Å². The van der Waals surface area contributed by atoms with Gasteiger partial charge in [0.2, 0.25) is 35.4 Å². The average molecular weight is 2030 g/mol. The fourth-order valence-corrected chi connectivity index (χ4v) is 24.7. The van der Waals surface area contributed by atoms with Crippen molar-refractivity contribution in [1.82, 2.24) is 58.9 Å². The first kappa shape index (κ1) is 126. The van der Waals surface area contributed by atoms with E-state index in [1.165, 1.54) is 90.4 Å². The van der Waals surface area contributed by atoms with Gasteiger partial charge in [-0.25, -0.2) is 0 Å². The first-order chi connectivity index (χ1) is 68.1. The van der Waals surface area contributed by atoms with Gasteiger partial charge in [-0.05, 0) is 226 Å². The lowest BCUT2D eigenvalue weighted by Crippen LogP contribution is -2.48. The molecule has 1 aromatic heterocycles. The van der Waals surface area contributed by atoms with Gasteiger partial charge >= 0.3 is 0 Å². The van der Waals surface area contributed by atoms with Crippen LogP contribution >= 0.6 is 0 Å². The fourth-order valence-electron chi connectivity index (χ4n) is 24.7. The smallest absolute Gasteiger partial charge is 0.226 e. The zero-order valence-electron chi connectivity index (χ0n) is 96.9. The van der Waals surface area contributed by atoms with Crippen LogP contribution in [0.15, 0.2) is 24.4 Å². The number of ether oxygens (including phenoxy) is 1. The van der Waals surface area contributed by atoms with Crippen LogP contribution in [0.1, 0.15) is 375 Å². The molecular formula is C120H210N12O13. The Balaban J connectivity index is 0.000000236. The molecule has 0 bridgehead atoms. The normalized spacial score (nSPS) is 25.7. The maximum Gasteiger partial charge on any atom is 0.226 e. The number of hydrogen-bond acceptors (Lipinski definition) is 19. The molecule has 145 heavy (non-hydrogen) atoms. The molecule has 6 aliphatic carbocycles. The summed E-state index contributed by atoms with van der Waals surface area (Å²) in [5.74, 6) is 1.30. The SMILES string of the molecule is CC(C)N1CCC[C@H]1CN(C)C(=O)[C@H]1CCCC[C@H]1C(=O)C(C)(C)C.CN(CCCN1CCCCC1)C(=O)[C@@H]1CCCC[C@@H]1C(=O)C(C)(C)C.CN(CCCN1CCCCC1)C(=O)[C@H]1CCCC[C@H]1C(=O)C(C)(C)C.CN(CCN1CCCC1)C(=O)[C@@H]1CCCC[C@@H]1C(=O)C(C)(C)C.CN(CCN1CCOCC1)C(=O)[C@H]1CCCC[C@H]1C(=O)C(C)(C)C.CN(Cc1ccccn1)C(=O)[C@@H]1CCCC[C@@H]1C(=O)C(C)(C)C. The Hall–Kier alpha value is -6.25. The van der Waals surface area contributed by atoms with E-state index in [1.54, 1.807) is 11.1 Å². The molecule has 13 atom stereocenters. The number of carbonyl (C=O) groups excluding carboxylic acids is 12. The molecule has 0 N–H and O–H groups in total. The molecule has 12 rings (SSSR count). The van der Waals surface area contributed by atoms with Crippen molar-refractivity contribution < 1.29 is 62.3 Å². The second kappa shape index (κ2) is 60.3. The van der Waals surface area contributed by atoms with Gasteiger partial charge in [-0.2, -0.15) is 0 Å². The van der Waals surface area contributed by atoms with Crippen LogP contribution in [0.4, 0.5) is 0 Å². The minimum absolute atomic E-state index is 0.0780. The number of piperidine rings is 2. The highest BCUT2D eigenvalue weighted by molar-refractivity contribution is 5.96. The van der Waals surface area contributed by atoms with Crippen LogP contribution < -0.4 is 0 Å². The lowest BCUT2D eigenvalue weighted by molar-refractivity contribution is -0.145. The van der Waals surface area contributed by atoms with E-state index in [0.29, 0.717) is 18.6 Å². The first-order valence-corrected chi connectivity index (χ1v) is 58.0. The standard InChI is InChI=1S/3C21H38N2O2.C19H34N2O3.C19H28N2O2.C19H34N2O2/c1-15(2)23-13-9-10-16(23)14-22(6)20(25)18-12-8-7-11-17(18)19(24)21(3,4)5;2*1-21(2,3)19(24)17-11-6-7-12-18(17)20(25)22(4)13-10-16-23-14-8-5-9-15-23;1-19(2,3)17(22)15-7-5-6-8-16(15)18(23)20(4)9-10-21-11-13-24-14-12-21;1-19(2,3)17(22)15-10-5-6-11-16(15)18(23)21(4)13-14-9-7-8-12-20-14;1-19(2,3)17(22)15-9-5-6-10-16(15)18(23)20(4)13-14-21-11-7-8-12-21/h15-18H,7-14H2,1-6H3;2*17-18H,5-16H2,1-4H3;15-16H,5-14H2,1-4H3;7-9,12,15-16H,5-6,10-11,13H2,1-4H3;15-16H,5-14H2,1-4H3/t16-,17+,18-;2*17-,18+;3*15-,16+/m010100/s1. The van der Waals surface area contributed by atoms with E-state index >= 15 is 0 Å². The Morgan fingerprint density at radius 2 is 0.538 bits per heavy atom. The van der Waals surface area contributed by atoms with Crippen molar-refractivity contribution in [2.24, 2.45) is 104 Å². The highest BCUT2D eigenvalue weighted by atomic mass is 16.5. The van der Waals surface area contributed by atoms with Crippen molar-refractivity contribution in [1.29, 1.82) is 0 Å². The Kier molecular flexibility index (Phi) is 52.2. The second-order valence-electron chi connectivity index (χ2n) is 52.1. The number of nitrogens with zero attached hydrogens (tertiary/aromatic N) is 12. The topological polar surface area (TPSA) is 263 Å². The van der Waals surface area contributed by atoms with Gasteiger partial charge in [0.1, 0.15) is 34.7 Å². The lowest BCUT2D eigenvalue weighted by atomic mass is 9.70. The van der Waals surface area contributed by atoms with Crippen LogP contribution in [0.2, 0.25) is 0 Å². The third-order valence-electron chi connectivity index (χ3n) is 33.5. The molecule has 0 unspecified atom stereocenters. The zero-order chi connectivity index (χ0) is 107. The molecule has 11 aliphatic rings. The Morgan fingerprint density at radius 3 is 0.807 bits per heavy atom. The zero-order valence-corrected chi connectivity index (χ0v) is 96.9. The predicted molar refractivity (Wildman–Crippen MR) is 586 cm³/mol. The molecule has 11 fully saturated rings. The van der Waals surface area contributed by atoms with E-state index in [0.717, 1.165) is 277 Å². The van der Waals surface area contributed by atoms with Gasteiger partial charge < -0.3 is 48.8 Å². The summed E-state index contributed by atoms with van der Waals surface area (Å²) < 4.78 is 5.36. The molecule has 1 aromatic rings. The molecule has 25 nitrogen and oxygen atoms in total. The highest BCUT2D eigenvalue weighted by Gasteiger charge is 2.49. The molecule has 0 aromatic carbocycles. The lowest BCUT2D eigenvalue weighted by Gasteiger charge is -2.37. The van der Waals surface area contributed by atoms with Crippen molar-refractivity contribution in [2.75, 3.05) is 173 Å². The van der Waals surface area contributed by atoms with Gasteiger partial charge in [0.05, 0.1) is 25.5 Å². The number of pyridine rings is 1. The number of rotatable bonds is 31. The molecule has 25 heteroatoms. The number of Topliss-reactive ketones (excluding diaryl/α,β-unsaturated/α-hetero) is 6. The number of likely N-dealkylation sites (N-methyl/N-ethyl adjacent to an activating group) is 3. The largest absolute Gasteiger partial charge is 0.379 e. The maximum absolute atomic E-state index is 13.2. The molecule has 6 heterocycles. The van der Waals surface area contributed by atoms with Gasteiger partial charge in [0, 0.05) is 223 Å². The number of amides is 6. The van der Waals surface area contributed by atoms with E-state index in [-0.39, 0.29) is 174 Å². The van der Waals surface area contributed by atoms with E-state index in [4.69, 9.17) is 4.74 Å². The predicted octanol–water partition coefficient (Wildman–Crippen LogP) is 19.8. The summed E-state index contributed by atoms with van der Waals surface area (Å²) in [5, 5.41) is 0. The van der Waals surface area contributed by atoms with Crippen LogP contribution in [-0.4, -0.2) is 314 Å². The third-order valence-corrected chi connectivity index (χ3v) is 33.5. The van der Waals surface area contributed by atoms with Crippen LogP contribution in [0, 0.1) is 104 Å². The number of hydrogen-bond donors (Lipinski definition) is 0. The van der Waals surface area contributed by atoms with Crippen LogP contribution in [0.5, 0.6) is 0 Å². The molecule has 5 aliphatic heterocycles. The Morgan fingerprint density at radius 1 is 0.290 bits per heavy atom. The van der Waals surface area contributed by atoms with Crippen LogP contribution in [-0.2, 0) is 68.8 Å². The van der Waals surface area contributed by atoms with Crippen molar-refractivity contribution in [2.45, 2.75) is 388 Å². The molecule has 0 spiro atoms. The minimum Gasteiger partial charge on any atom is -0.379 e. The van der Waals surface area contributed by atoms with Gasteiger partial charge in [0.25, 0.3) is 0 Å². The summed E-state index contributed by atoms with van der Waals surface area (Å²) >= 11 is 0. The van der Waals surface area contributed by atoms with E-state index in [9.17, 15) is 57.5 Å². The third kappa shape index (κ3) is 40.4. The molecule has 6 amide bonds. The minimum atomic E-state index is -0.389. The number of carbonyl (C=O) groups is 12. The maximum atomic E-state index is 13.2. The number of likely N-dealkylation sites (tertiary alicyclic amines) is 4. The molecule has 0 radical (unpaired) electrons. The summed E-state index contributed by atoms with van der Waals surface area (Å²) in [7, 11) is 11.4. The second-order valence-corrected chi connectivity index (χ2v) is 52.1. The Labute approximate surface area is 881 Å². The summed E-state index contributed by atoms with van der Waals surface area (Å²) in [5.41, 5.74) is -1.31. The number of morpholine rings is 1. The van der Waals surface area contributed by atoms with Gasteiger partial charge in [0.15, 0.2) is 0 Å². The number of ketones is 6. The quantitative estimate of drug-likeness (QED) is 0.0669. The monoisotopic (exact) mass is 2030 g/mol. The summed E-state index contributed by atoms with van der Waals surface area (Å²) in [6, 6.07) is 6.70. The van der Waals surface area contributed by atoms with Crippen LogP contribution in [0.25, 0.3) is 0 Å². The van der Waals surface area contributed by atoms with Gasteiger partial charge in [-0.1, -0.05) is 221 Å². The van der Waals surface area contributed by atoms with Crippen molar-refractivity contribution in [3.8, 4) is 0 Å². The van der Waals surface area contributed by atoms with E-state index in [1.807, 2.05) is 210 Å². The summed E-state index contributed by atoms with van der Waals surface area (Å²) in [6.45, 7) is 60.2. The number of aromatic nitrogens is 1. The summed E-state index contributed by atoms with van der Waals surface area (Å²) in [6.07, 6.45) is 39.9. The molecule has 5 saturated heterocycles. The van der Waals surface area contributed by atoms with Crippen molar-refractivity contribution in [3.63, 3.8) is 0 Å². The molecule has 828 valence electrons. The van der Waals surface area contributed by atoms with Crippen LogP contribution in [0.3, 0.4) is 0 Å². The van der Waals surface area contributed by atoms with Crippen molar-refractivity contribution in [3.05, 3.63) is 30.1 Å². The Bertz CT molecular complexity index is 4040. The van der Waals surface area contributed by atoms with Crippen molar-refractivity contribution >= 4 is 70.1 Å². The average Bonchev–Trinajstić information content (AvgIpc) is 1.81. The highest BCUT2D eigenvalue weighted by Crippen LogP contribution is 2.44. The van der Waals surface area contributed by atoms with E-state index < -0.39 is 0 Å². The first-order valence-electron chi connectivity index (χ1n) is 58.0. The van der Waals surface area contributed by atoms with Gasteiger partial charge in [-0.15, -0.1) is 0 Å². The molecule has 6 saturated carbocycles. The fraction of sp³-hybridized carbons (Fsp3) is 0.858. The van der Waals surface area contributed by atoms with Gasteiger partial charge in [-0.3, -0.25) is 72.3 Å².